The van der Waals surface area contributed by atoms with Gasteiger partial charge >= 0.3 is 0 Å². The van der Waals surface area contributed by atoms with Crippen LogP contribution in [0.15, 0.2) is 23.4 Å². The van der Waals surface area contributed by atoms with Gasteiger partial charge in [0, 0.05) is 12.1 Å². The van der Waals surface area contributed by atoms with E-state index < -0.39 is 0 Å². The van der Waals surface area contributed by atoms with Gasteiger partial charge in [0.1, 0.15) is 17.5 Å². The minimum absolute atomic E-state index is 0.437. The van der Waals surface area contributed by atoms with Crippen LogP contribution in [-0.2, 0) is 0 Å². The summed E-state index contributed by atoms with van der Waals surface area (Å²) in [6.45, 7) is 2.94. The molecule has 0 fully saturated rings. The molecular weight excluding hydrogens is 348 g/mol. The minimum atomic E-state index is 0.437. The quantitative estimate of drug-likeness (QED) is 0.398. The van der Waals surface area contributed by atoms with Gasteiger partial charge in [-0.05, 0) is 30.9 Å². The van der Waals surface area contributed by atoms with Crippen LogP contribution < -0.4 is 14.8 Å². The van der Waals surface area contributed by atoms with Crippen molar-refractivity contribution < 1.29 is 9.47 Å². The van der Waals surface area contributed by atoms with Crippen molar-refractivity contribution in [1.29, 1.82) is 5.26 Å². The molecule has 26 heavy (non-hydrogen) atoms. The Morgan fingerprint density at radius 2 is 1.92 bits per heavy atom. The Bertz CT molecular complexity index is 790. The molecule has 0 aliphatic carbocycles. The highest BCUT2D eigenvalue weighted by Crippen LogP contribution is 2.34. The van der Waals surface area contributed by atoms with Crippen molar-refractivity contribution in [2.45, 2.75) is 31.3 Å². The van der Waals surface area contributed by atoms with Gasteiger partial charge in [-0.15, -0.1) is 0 Å². The second-order valence-corrected chi connectivity index (χ2v) is 6.37. The van der Waals surface area contributed by atoms with E-state index in [1.54, 1.807) is 14.2 Å². The molecule has 6 nitrogen and oxygen atoms in total. The molecule has 1 N–H and O–H groups in total. The first-order chi connectivity index (χ1) is 12.7. The lowest BCUT2D eigenvalue weighted by Gasteiger charge is -2.14. The first-order valence-electron chi connectivity index (χ1n) is 8.50. The zero-order valence-electron chi connectivity index (χ0n) is 15.6. The molecule has 0 unspecified atom stereocenters. The number of unbranched alkanes of at least 4 members (excludes halogenated alkanes) is 2. The molecule has 1 aromatic carbocycles. The average Bonchev–Trinajstić information content (AvgIpc) is 2.69. The molecule has 0 aliphatic heterocycles. The summed E-state index contributed by atoms with van der Waals surface area (Å²) in [5.74, 6) is 1.80. The normalized spacial score (nSPS) is 10.3. The third-order valence-electron chi connectivity index (χ3n) is 3.91. The number of benzene rings is 1. The zero-order chi connectivity index (χ0) is 18.9. The van der Waals surface area contributed by atoms with E-state index in [9.17, 15) is 5.26 Å². The molecule has 1 heterocycles. The molecule has 1 aromatic heterocycles. The molecule has 0 saturated heterocycles. The summed E-state index contributed by atoms with van der Waals surface area (Å²) in [5, 5.41) is 13.6. The first kappa shape index (κ1) is 19.9. The van der Waals surface area contributed by atoms with Gasteiger partial charge in [-0.2, -0.15) is 5.26 Å². The molecule has 2 rings (SSSR count). The van der Waals surface area contributed by atoms with Gasteiger partial charge in [-0.25, -0.2) is 9.97 Å². The summed E-state index contributed by atoms with van der Waals surface area (Å²) in [6, 6.07) is 7.76. The van der Waals surface area contributed by atoms with Crippen molar-refractivity contribution >= 4 is 17.6 Å². The largest absolute Gasteiger partial charge is 0.493 e. The van der Waals surface area contributed by atoms with Gasteiger partial charge in [0.25, 0.3) is 0 Å². The maximum absolute atomic E-state index is 9.72. The number of ether oxygens (including phenoxy) is 2. The average molecular weight is 372 g/mol. The molecule has 0 spiro atoms. The number of hydrogen-bond donors (Lipinski definition) is 1. The lowest BCUT2D eigenvalue weighted by atomic mass is 10.1. The van der Waals surface area contributed by atoms with Crippen molar-refractivity contribution in [3.63, 3.8) is 0 Å². The van der Waals surface area contributed by atoms with Crippen molar-refractivity contribution in [3.8, 4) is 28.8 Å². The minimum Gasteiger partial charge on any atom is -0.493 e. The standard InChI is InChI=1S/C19H24N4O2S/c1-5-6-7-10-21-18-14(12-20)17(22-19(23-18)26-4)13-8-9-15(24-2)16(11-13)25-3/h8-9,11H,5-7,10H2,1-4H3,(H,21,22,23). The molecule has 0 bridgehead atoms. The molecule has 7 heteroatoms. The lowest BCUT2D eigenvalue weighted by Crippen LogP contribution is -2.08. The highest BCUT2D eigenvalue weighted by molar-refractivity contribution is 7.98. The van der Waals surface area contributed by atoms with Crippen LogP contribution in [0.3, 0.4) is 0 Å². The maximum Gasteiger partial charge on any atom is 0.189 e. The fourth-order valence-corrected chi connectivity index (χ4v) is 2.90. The molecule has 0 saturated carbocycles. The number of rotatable bonds is 9. The maximum atomic E-state index is 9.72. The van der Waals surface area contributed by atoms with E-state index in [4.69, 9.17) is 9.47 Å². The van der Waals surface area contributed by atoms with Crippen LogP contribution in [0.25, 0.3) is 11.3 Å². The van der Waals surface area contributed by atoms with Gasteiger partial charge in [0.2, 0.25) is 0 Å². The lowest BCUT2D eigenvalue weighted by molar-refractivity contribution is 0.355. The van der Waals surface area contributed by atoms with Gasteiger partial charge in [-0.3, -0.25) is 0 Å². The number of anilines is 1. The van der Waals surface area contributed by atoms with Crippen molar-refractivity contribution in [2.75, 3.05) is 32.3 Å². The Balaban J connectivity index is 2.48. The van der Waals surface area contributed by atoms with E-state index in [-0.39, 0.29) is 0 Å². The number of nitrogens with one attached hydrogen (secondary N) is 1. The number of aromatic nitrogens is 2. The summed E-state index contributed by atoms with van der Waals surface area (Å²) >= 11 is 1.44. The zero-order valence-corrected chi connectivity index (χ0v) is 16.4. The van der Waals surface area contributed by atoms with Crippen molar-refractivity contribution in [3.05, 3.63) is 23.8 Å². The van der Waals surface area contributed by atoms with E-state index in [0.717, 1.165) is 31.4 Å². The Hall–Kier alpha value is -2.46. The monoisotopic (exact) mass is 372 g/mol. The Labute approximate surface area is 159 Å². The predicted octanol–water partition coefficient (Wildman–Crippen LogP) is 4.36. The topological polar surface area (TPSA) is 80.1 Å². The second-order valence-electron chi connectivity index (χ2n) is 5.60. The van der Waals surface area contributed by atoms with Gasteiger partial charge < -0.3 is 14.8 Å². The predicted molar refractivity (Wildman–Crippen MR) is 105 cm³/mol. The van der Waals surface area contributed by atoms with E-state index >= 15 is 0 Å². The van der Waals surface area contributed by atoms with Gasteiger partial charge in [0.15, 0.2) is 16.7 Å². The number of thioether (sulfide) groups is 1. The SMILES string of the molecule is CCCCCNc1nc(SC)nc(-c2ccc(OC)c(OC)c2)c1C#N. The molecule has 138 valence electrons. The van der Waals surface area contributed by atoms with Crippen LogP contribution in [0, 0.1) is 11.3 Å². The summed E-state index contributed by atoms with van der Waals surface area (Å²) in [6.07, 6.45) is 5.23. The third kappa shape index (κ3) is 4.58. The summed E-state index contributed by atoms with van der Waals surface area (Å²) in [5.41, 5.74) is 1.81. The Morgan fingerprint density at radius 3 is 2.54 bits per heavy atom. The van der Waals surface area contributed by atoms with Gasteiger partial charge in [0.05, 0.1) is 19.9 Å². The van der Waals surface area contributed by atoms with Crippen LogP contribution in [0.4, 0.5) is 5.82 Å². The third-order valence-corrected chi connectivity index (χ3v) is 4.46. The summed E-state index contributed by atoms with van der Waals surface area (Å²) in [7, 11) is 3.17. The molecule has 0 amide bonds. The smallest absolute Gasteiger partial charge is 0.189 e. The van der Waals surface area contributed by atoms with E-state index in [2.05, 4.69) is 28.3 Å². The molecule has 2 aromatic rings. The molecule has 0 radical (unpaired) electrons. The molecular formula is C19H24N4O2S. The van der Waals surface area contributed by atoms with Crippen LogP contribution in [-0.4, -0.2) is 37.0 Å². The molecule has 0 aliphatic rings. The van der Waals surface area contributed by atoms with E-state index in [1.165, 1.54) is 11.8 Å². The number of nitriles is 1. The highest BCUT2D eigenvalue weighted by atomic mass is 32.2. The molecule has 0 atom stereocenters. The van der Waals surface area contributed by atoms with E-state index in [1.807, 2.05) is 24.5 Å². The van der Waals surface area contributed by atoms with Crippen LogP contribution in [0.2, 0.25) is 0 Å². The van der Waals surface area contributed by atoms with Crippen LogP contribution in [0.1, 0.15) is 31.7 Å². The van der Waals surface area contributed by atoms with Crippen LogP contribution >= 0.6 is 11.8 Å². The number of nitrogens with zero attached hydrogens (tertiary/aromatic N) is 3. The van der Waals surface area contributed by atoms with Crippen LogP contribution in [0.5, 0.6) is 11.5 Å². The number of methoxy groups -OCH3 is 2. The highest BCUT2D eigenvalue weighted by Gasteiger charge is 2.17. The Kier molecular flexibility index (Phi) is 7.54. The summed E-state index contributed by atoms with van der Waals surface area (Å²) < 4.78 is 10.7. The first-order valence-corrected chi connectivity index (χ1v) is 9.73. The summed E-state index contributed by atoms with van der Waals surface area (Å²) in [4.78, 5) is 9.05. The fourth-order valence-electron chi connectivity index (χ4n) is 2.54. The van der Waals surface area contributed by atoms with Gasteiger partial charge in [-0.1, -0.05) is 31.5 Å². The van der Waals surface area contributed by atoms with Crippen molar-refractivity contribution in [2.24, 2.45) is 0 Å². The fraction of sp³-hybridized carbons (Fsp3) is 0.421. The Morgan fingerprint density at radius 1 is 1.15 bits per heavy atom. The van der Waals surface area contributed by atoms with Crippen molar-refractivity contribution in [1.82, 2.24) is 9.97 Å². The second kappa shape index (κ2) is 9.88. The van der Waals surface area contributed by atoms with E-state index in [0.29, 0.717) is 33.7 Å². The number of hydrogen-bond acceptors (Lipinski definition) is 7.